The quantitative estimate of drug-likeness (QED) is 0.769. The topological polar surface area (TPSA) is 44.1 Å². The van der Waals surface area contributed by atoms with E-state index in [1.807, 2.05) is 18.7 Å². The molecule has 3 nitrogen and oxygen atoms in total. The fourth-order valence-corrected chi connectivity index (χ4v) is 2.92. The van der Waals surface area contributed by atoms with Crippen LogP contribution in [-0.2, 0) is 4.79 Å². The second kappa shape index (κ2) is 6.22. The van der Waals surface area contributed by atoms with E-state index in [0.717, 1.165) is 19.3 Å². The van der Waals surface area contributed by atoms with Crippen LogP contribution in [0.1, 0.15) is 53.4 Å². The summed E-state index contributed by atoms with van der Waals surface area (Å²) in [4.78, 5) is 14.5. The predicted molar refractivity (Wildman–Crippen MR) is 72.8 cm³/mol. The normalized spacial score (nSPS) is 24.1. The lowest BCUT2D eigenvalue weighted by Crippen LogP contribution is -2.45. The first-order chi connectivity index (χ1) is 8.42. The summed E-state index contributed by atoms with van der Waals surface area (Å²) in [6.45, 7) is 9.56. The van der Waals surface area contributed by atoms with Crippen molar-refractivity contribution in [2.24, 2.45) is 17.3 Å². The Bertz CT molecular complexity index is 330. The van der Waals surface area contributed by atoms with Crippen molar-refractivity contribution < 1.29 is 4.79 Å². The van der Waals surface area contributed by atoms with Gasteiger partial charge in [-0.3, -0.25) is 4.79 Å². The number of nitriles is 1. The minimum Gasteiger partial charge on any atom is -0.341 e. The minimum atomic E-state index is -0.0828. The third kappa shape index (κ3) is 3.48. The Hall–Kier alpha value is -1.04. The van der Waals surface area contributed by atoms with Crippen LogP contribution in [0.15, 0.2) is 0 Å². The summed E-state index contributed by atoms with van der Waals surface area (Å²) in [6, 6.07) is 2.21. The molecular weight excluding hydrogens is 224 g/mol. The molecular formula is C15H26N2O. The maximum atomic E-state index is 12.6. The SMILES string of the molecule is CCN(CC(C)C#N)C(=O)C1CCCCC1(C)C. The Morgan fingerprint density at radius 3 is 2.67 bits per heavy atom. The molecule has 0 N–H and O–H groups in total. The first kappa shape index (κ1) is 15.0. The first-order valence-electron chi connectivity index (χ1n) is 7.10. The number of carbonyl (C=O) groups excluding carboxylic acids is 1. The molecule has 0 aromatic heterocycles. The van der Waals surface area contributed by atoms with E-state index in [4.69, 9.17) is 5.26 Å². The van der Waals surface area contributed by atoms with Crippen molar-refractivity contribution >= 4 is 5.91 Å². The smallest absolute Gasteiger partial charge is 0.226 e. The molecule has 1 saturated carbocycles. The lowest BCUT2D eigenvalue weighted by molar-refractivity contribution is -0.141. The van der Waals surface area contributed by atoms with Crippen molar-refractivity contribution in [1.29, 1.82) is 5.26 Å². The number of hydrogen-bond acceptors (Lipinski definition) is 2. The fourth-order valence-electron chi connectivity index (χ4n) is 2.92. The van der Waals surface area contributed by atoms with Crippen molar-refractivity contribution in [3.8, 4) is 6.07 Å². The second-order valence-electron chi connectivity index (χ2n) is 6.19. The summed E-state index contributed by atoms with van der Waals surface area (Å²) >= 11 is 0. The molecule has 2 unspecified atom stereocenters. The van der Waals surface area contributed by atoms with Crippen molar-refractivity contribution in [2.75, 3.05) is 13.1 Å². The summed E-state index contributed by atoms with van der Waals surface area (Å²) in [6.07, 6.45) is 4.53. The van der Waals surface area contributed by atoms with E-state index in [2.05, 4.69) is 19.9 Å². The molecule has 0 heterocycles. The summed E-state index contributed by atoms with van der Waals surface area (Å²) < 4.78 is 0. The molecule has 0 aromatic carbocycles. The average Bonchev–Trinajstić information content (AvgIpc) is 2.34. The van der Waals surface area contributed by atoms with Crippen LogP contribution in [0.2, 0.25) is 0 Å². The molecule has 1 aliphatic carbocycles. The van der Waals surface area contributed by atoms with Gasteiger partial charge in [-0.15, -0.1) is 0 Å². The Morgan fingerprint density at radius 2 is 2.17 bits per heavy atom. The van der Waals surface area contributed by atoms with Gasteiger partial charge in [0.1, 0.15) is 0 Å². The van der Waals surface area contributed by atoms with Crippen molar-refractivity contribution in [2.45, 2.75) is 53.4 Å². The van der Waals surface area contributed by atoms with Crippen LogP contribution in [0.4, 0.5) is 0 Å². The molecule has 1 aliphatic rings. The number of rotatable bonds is 4. The standard InChI is InChI=1S/C15H26N2O/c1-5-17(11-12(2)10-16)14(18)13-8-6-7-9-15(13,3)4/h12-13H,5-9,11H2,1-4H3. The lowest BCUT2D eigenvalue weighted by Gasteiger charge is -2.40. The number of carbonyl (C=O) groups is 1. The van der Waals surface area contributed by atoms with Gasteiger partial charge in [-0.05, 0) is 32.1 Å². The molecule has 0 radical (unpaired) electrons. The van der Waals surface area contributed by atoms with Gasteiger partial charge in [-0.25, -0.2) is 0 Å². The third-order valence-corrected chi connectivity index (χ3v) is 4.21. The molecule has 2 atom stereocenters. The van der Waals surface area contributed by atoms with E-state index in [1.54, 1.807) is 0 Å². The monoisotopic (exact) mass is 250 g/mol. The fraction of sp³-hybridized carbons (Fsp3) is 0.867. The van der Waals surface area contributed by atoms with E-state index < -0.39 is 0 Å². The highest BCUT2D eigenvalue weighted by molar-refractivity contribution is 5.79. The number of amides is 1. The maximum absolute atomic E-state index is 12.6. The van der Waals surface area contributed by atoms with E-state index in [1.165, 1.54) is 6.42 Å². The summed E-state index contributed by atoms with van der Waals surface area (Å²) in [5.41, 5.74) is 0.110. The Labute approximate surface area is 111 Å². The van der Waals surface area contributed by atoms with E-state index in [-0.39, 0.29) is 23.2 Å². The zero-order chi connectivity index (χ0) is 13.8. The van der Waals surface area contributed by atoms with E-state index >= 15 is 0 Å². The molecule has 0 spiro atoms. The zero-order valence-electron chi connectivity index (χ0n) is 12.2. The highest BCUT2D eigenvalue weighted by atomic mass is 16.2. The van der Waals surface area contributed by atoms with Gasteiger partial charge in [0.15, 0.2) is 0 Å². The Kier molecular flexibility index (Phi) is 5.19. The molecule has 1 amide bonds. The molecule has 0 aromatic rings. The summed E-state index contributed by atoms with van der Waals surface area (Å²) in [5, 5.41) is 8.89. The molecule has 102 valence electrons. The molecule has 1 rings (SSSR count). The summed E-state index contributed by atoms with van der Waals surface area (Å²) in [5.74, 6) is 0.307. The predicted octanol–water partition coefficient (Wildman–Crippen LogP) is 3.21. The molecule has 18 heavy (non-hydrogen) atoms. The van der Waals surface area contributed by atoms with Gasteiger partial charge >= 0.3 is 0 Å². The zero-order valence-corrected chi connectivity index (χ0v) is 12.2. The van der Waals surface area contributed by atoms with Gasteiger partial charge in [0, 0.05) is 19.0 Å². The third-order valence-electron chi connectivity index (χ3n) is 4.21. The first-order valence-corrected chi connectivity index (χ1v) is 7.10. The molecule has 0 bridgehead atoms. The van der Waals surface area contributed by atoms with Crippen LogP contribution < -0.4 is 0 Å². The van der Waals surface area contributed by atoms with Crippen LogP contribution >= 0.6 is 0 Å². The number of hydrogen-bond donors (Lipinski definition) is 0. The largest absolute Gasteiger partial charge is 0.341 e. The minimum absolute atomic E-state index is 0.0828. The van der Waals surface area contributed by atoms with Crippen molar-refractivity contribution in [1.82, 2.24) is 4.90 Å². The van der Waals surface area contributed by atoms with Crippen LogP contribution in [0.3, 0.4) is 0 Å². The van der Waals surface area contributed by atoms with Crippen LogP contribution in [0.5, 0.6) is 0 Å². The number of nitrogens with zero attached hydrogens (tertiary/aromatic N) is 2. The van der Waals surface area contributed by atoms with Crippen molar-refractivity contribution in [3.63, 3.8) is 0 Å². The van der Waals surface area contributed by atoms with Crippen LogP contribution in [0.25, 0.3) is 0 Å². The average molecular weight is 250 g/mol. The molecule has 1 fully saturated rings. The van der Waals surface area contributed by atoms with Gasteiger partial charge in [0.05, 0.1) is 12.0 Å². The second-order valence-corrected chi connectivity index (χ2v) is 6.19. The molecule has 3 heteroatoms. The van der Waals surface area contributed by atoms with Gasteiger partial charge < -0.3 is 4.90 Å². The van der Waals surface area contributed by atoms with Crippen LogP contribution in [-0.4, -0.2) is 23.9 Å². The van der Waals surface area contributed by atoms with Gasteiger partial charge in [0.25, 0.3) is 0 Å². The Balaban J connectivity index is 2.74. The Morgan fingerprint density at radius 1 is 1.50 bits per heavy atom. The van der Waals surface area contributed by atoms with Gasteiger partial charge in [-0.1, -0.05) is 26.7 Å². The van der Waals surface area contributed by atoms with E-state index in [9.17, 15) is 4.79 Å². The maximum Gasteiger partial charge on any atom is 0.226 e. The summed E-state index contributed by atoms with van der Waals surface area (Å²) in [7, 11) is 0. The molecule has 0 aliphatic heterocycles. The van der Waals surface area contributed by atoms with Gasteiger partial charge in [0.2, 0.25) is 5.91 Å². The van der Waals surface area contributed by atoms with E-state index in [0.29, 0.717) is 13.1 Å². The highest BCUT2D eigenvalue weighted by Crippen LogP contribution is 2.41. The lowest BCUT2D eigenvalue weighted by atomic mass is 9.68. The molecule has 0 saturated heterocycles. The van der Waals surface area contributed by atoms with Gasteiger partial charge in [-0.2, -0.15) is 5.26 Å². The van der Waals surface area contributed by atoms with Crippen molar-refractivity contribution in [3.05, 3.63) is 0 Å². The highest BCUT2D eigenvalue weighted by Gasteiger charge is 2.38. The van der Waals surface area contributed by atoms with Crippen LogP contribution in [0, 0.1) is 28.6 Å².